The second kappa shape index (κ2) is 6.54. The number of fused-ring (bicyclic) bond motifs is 1. The summed E-state index contributed by atoms with van der Waals surface area (Å²) in [5.74, 6) is 0. The number of hydrogen-bond donors (Lipinski definition) is 0. The van der Waals surface area contributed by atoms with Crippen molar-refractivity contribution in [1.82, 2.24) is 4.98 Å². The van der Waals surface area contributed by atoms with Crippen molar-refractivity contribution in [2.75, 3.05) is 0 Å². The van der Waals surface area contributed by atoms with Gasteiger partial charge in [-0.2, -0.15) is 0 Å². The van der Waals surface area contributed by atoms with Crippen LogP contribution in [0.15, 0.2) is 42.7 Å². The zero-order valence-corrected chi connectivity index (χ0v) is 10.8. The summed E-state index contributed by atoms with van der Waals surface area (Å²) in [6, 6.07) is 10.2. The second-order valence-corrected chi connectivity index (χ2v) is 7.52. The van der Waals surface area contributed by atoms with Crippen molar-refractivity contribution in [3.05, 3.63) is 42.7 Å². The van der Waals surface area contributed by atoms with Gasteiger partial charge >= 0.3 is 39.5 Å². The molecule has 1 heterocycles. The smallest absolute Gasteiger partial charge is 0.0346 e. The molecule has 0 aliphatic carbocycles. The van der Waals surface area contributed by atoms with Crippen LogP contribution in [0, 0.1) is 0 Å². The van der Waals surface area contributed by atoms with E-state index in [4.69, 9.17) is 0 Å². The summed E-state index contributed by atoms with van der Waals surface area (Å²) >= 11 is 7.12. The van der Waals surface area contributed by atoms with Crippen molar-refractivity contribution in [1.29, 1.82) is 0 Å². The predicted molar refractivity (Wildman–Crippen MR) is 59.6 cm³/mol. The molecule has 0 fully saturated rings. The van der Waals surface area contributed by atoms with Crippen molar-refractivity contribution >= 4 is 39.1 Å². The Bertz CT molecular complexity index is 302. The molecular formula is C9H7Br2CoN. The zero-order valence-electron chi connectivity index (χ0n) is 6.58. The van der Waals surface area contributed by atoms with Crippen molar-refractivity contribution in [3.63, 3.8) is 0 Å². The first kappa shape index (κ1) is 11.2. The van der Waals surface area contributed by atoms with Gasteiger partial charge in [-0.15, -0.1) is 0 Å². The molecule has 0 atom stereocenters. The summed E-state index contributed by atoms with van der Waals surface area (Å²) in [7, 11) is 0. The molecule has 1 aromatic carbocycles. The maximum absolute atomic E-state index is 4.01. The van der Waals surface area contributed by atoms with Crippen molar-refractivity contribution in [3.8, 4) is 0 Å². The molecule has 0 saturated heterocycles. The normalized spacial score (nSPS) is 9.38. The quantitative estimate of drug-likeness (QED) is 0.703. The molecule has 0 unspecified atom stereocenters. The molecule has 4 heteroatoms. The number of rotatable bonds is 0. The Morgan fingerprint density at radius 3 is 2.23 bits per heavy atom. The third-order valence-corrected chi connectivity index (χ3v) is 1.55. The SMILES string of the molecule is [Br][Co][Br].c1ccc2cnccc2c1. The van der Waals surface area contributed by atoms with E-state index in [9.17, 15) is 0 Å². The number of pyridine rings is 1. The molecule has 13 heavy (non-hydrogen) atoms. The van der Waals surface area contributed by atoms with E-state index in [0.717, 1.165) is 11.1 Å². The van der Waals surface area contributed by atoms with Crippen LogP contribution in [0.1, 0.15) is 0 Å². The third kappa shape index (κ3) is 3.77. The summed E-state index contributed by atoms with van der Waals surface area (Å²) in [5, 5.41) is 2.45. The summed E-state index contributed by atoms with van der Waals surface area (Å²) < 4.78 is 0. The van der Waals surface area contributed by atoms with Gasteiger partial charge in [-0.3, -0.25) is 4.98 Å². The molecule has 0 amide bonds. The first-order chi connectivity index (χ1) is 6.38. The van der Waals surface area contributed by atoms with Crippen LogP contribution in [0.2, 0.25) is 0 Å². The molecule has 0 spiro atoms. The molecule has 0 bridgehead atoms. The summed E-state index contributed by atoms with van der Waals surface area (Å²) in [6.07, 6.45) is 3.68. The number of benzene rings is 1. The molecule has 0 aliphatic heterocycles. The number of aromatic nitrogens is 1. The maximum Gasteiger partial charge on any atom is 0.0346 e. The van der Waals surface area contributed by atoms with E-state index in [0.29, 0.717) is 0 Å². The fourth-order valence-corrected chi connectivity index (χ4v) is 1.03. The van der Waals surface area contributed by atoms with Crippen LogP contribution in [-0.4, -0.2) is 4.98 Å². The van der Waals surface area contributed by atoms with Gasteiger partial charge in [-0.1, -0.05) is 24.3 Å². The first-order valence-electron chi connectivity index (χ1n) is 3.51. The van der Waals surface area contributed by atoms with Crippen LogP contribution in [0.5, 0.6) is 0 Å². The Morgan fingerprint density at radius 1 is 1.00 bits per heavy atom. The Morgan fingerprint density at radius 2 is 1.62 bits per heavy atom. The van der Waals surface area contributed by atoms with Crippen molar-refractivity contribution in [2.45, 2.75) is 0 Å². The second-order valence-electron chi connectivity index (χ2n) is 2.27. The van der Waals surface area contributed by atoms with Crippen LogP contribution < -0.4 is 0 Å². The Kier molecular flexibility index (Phi) is 5.62. The summed E-state index contributed by atoms with van der Waals surface area (Å²) in [5.41, 5.74) is 0. The van der Waals surface area contributed by atoms with Crippen LogP contribution in [-0.2, 0) is 11.1 Å². The van der Waals surface area contributed by atoms with Gasteiger partial charge in [0, 0.05) is 12.4 Å². The Balaban J connectivity index is 0.000000251. The standard InChI is InChI=1S/C9H7N.2BrH.Co/c1-2-4-9-7-10-6-5-8(9)3-1;;;/h1-7H;2*1H;/q;;;+2/p-2. The van der Waals surface area contributed by atoms with Crippen LogP contribution >= 0.6 is 28.3 Å². The minimum atomic E-state index is 1.06. The molecule has 1 nitrogen and oxygen atoms in total. The first-order valence-corrected chi connectivity index (χ1v) is 8.65. The monoisotopic (exact) mass is 346 g/mol. The van der Waals surface area contributed by atoms with Gasteiger partial charge < -0.3 is 0 Å². The van der Waals surface area contributed by atoms with Crippen molar-refractivity contribution in [2.24, 2.45) is 0 Å². The fraction of sp³-hybridized carbons (Fsp3) is 0. The van der Waals surface area contributed by atoms with Gasteiger partial charge in [0.25, 0.3) is 0 Å². The Labute approximate surface area is 97.4 Å². The molecule has 1 aromatic heterocycles. The van der Waals surface area contributed by atoms with E-state index in [1.165, 1.54) is 10.8 Å². The van der Waals surface area contributed by atoms with Crippen LogP contribution in [0.4, 0.5) is 0 Å². The molecule has 0 radical (unpaired) electrons. The van der Waals surface area contributed by atoms with Gasteiger partial charge in [-0.25, -0.2) is 0 Å². The van der Waals surface area contributed by atoms with Gasteiger partial charge in [0.1, 0.15) is 0 Å². The zero-order chi connectivity index (χ0) is 9.52. The van der Waals surface area contributed by atoms with Gasteiger partial charge in [0.15, 0.2) is 0 Å². The average molecular weight is 348 g/mol. The van der Waals surface area contributed by atoms with E-state index >= 15 is 0 Å². The third-order valence-electron chi connectivity index (χ3n) is 1.55. The topological polar surface area (TPSA) is 12.9 Å². The molecule has 0 saturated carbocycles. The molecule has 2 rings (SSSR count). The number of halogens is 2. The van der Waals surface area contributed by atoms with Crippen LogP contribution in [0.25, 0.3) is 10.8 Å². The van der Waals surface area contributed by atoms with Crippen LogP contribution in [0.3, 0.4) is 0 Å². The predicted octanol–water partition coefficient (Wildman–Crippen LogP) is 3.92. The molecule has 2 aromatic rings. The van der Waals surface area contributed by atoms with E-state index in [2.05, 4.69) is 45.5 Å². The van der Waals surface area contributed by atoms with Gasteiger partial charge in [-0.05, 0) is 16.8 Å². The van der Waals surface area contributed by atoms with E-state index < -0.39 is 0 Å². The van der Waals surface area contributed by atoms with Gasteiger partial charge in [0.2, 0.25) is 0 Å². The van der Waals surface area contributed by atoms with E-state index in [1.807, 2.05) is 30.6 Å². The number of hydrogen-bond acceptors (Lipinski definition) is 1. The minimum Gasteiger partial charge on any atom is -0.264 e. The molecule has 71 valence electrons. The maximum atomic E-state index is 4.01. The minimum absolute atomic E-state index is 1.06. The summed E-state index contributed by atoms with van der Waals surface area (Å²) in [6.45, 7) is 0. The average Bonchev–Trinajstić information content (AvgIpc) is 2.19. The van der Waals surface area contributed by atoms with Crippen molar-refractivity contribution < 1.29 is 11.1 Å². The molecule has 0 N–H and O–H groups in total. The molecular weight excluding hydrogens is 341 g/mol. The largest absolute Gasteiger partial charge is 0.264 e. The molecule has 0 aliphatic rings. The summed E-state index contributed by atoms with van der Waals surface area (Å²) in [4.78, 5) is 4.01. The van der Waals surface area contributed by atoms with E-state index in [1.54, 1.807) is 0 Å². The number of nitrogens with zero attached hydrogens (tertiary/aromatic N) is 1. The fourth-order valence-electron chi connectivity index (χ4n) is 1.03. The van der Waals surface area contributed by atoms with E-state index in [-0.39, 0.29) is 0 Å². The Hall–Kier alpha value is 0.0965. The van der Waals surface area contributed by atoms with Gasteiger partial charge in [0.05, 0.1) is 0 Å².